The van der Waals surface area contributed by atoms with Gasteiger partial charge in [0.2, 0.25) is 0 Å². The number of nitrogens with one attached hydrogen (secondary N) is 1. The van der Waals surface area contributed by atoms with Gasteiger partial charge in [-0.25, -0.2) is 18.2 Å². The molecule has 0 aliphatic rings. The van der Waals surface area contributed by atoms with Crippen molar-refractivity contribution in [3.63, 3.8) is 0 Å². The van der Waals surface area contributed by atoms with Crippen molar-refractivity contribution < 1.29 is 27.1 Å². The Bertz CT molecular complexity index is 1660. The molecule has 0 aliphatic carbocycles. The Morgan fingerprint density at radius 3 is 2.41 bits per heavy atom. The van der Waals surface area contributed by atoms with E-state index in [0.717, 1.165) is 22.0 Å². The van der Waals surface area contributed by atoms with Gasteiger partial charge in [0.05, 0.1) is 28.4 Å². The van der Waals surface area contributed by atoms with E-state index in [1.807, 2.05) is 18.2 Å². The van der Waals surface area contributed by atoms with Crippen LogP contribution in [0.25, 0.3) is 0 Å². The molecule has 0 aliphatic heterocycles. The van der Waals surface area contributed by atoms with Crippen LogP contribution in [0.15, 0.2) is 105 Å². The maximum absolute atomic E-state index is 13.5. The maximum atomic E-state index is 13.5. The molecule has 0 heterocycles. The molecule has 4 aromatic carbocycles. The number of benzene rings is 4. The van der Waals surface area contributed by atoms with Crippen molar-refractivity contribution in [3.05, 3.63) is 117 Å². The molecule has 1 N–H and O–H groups in total. The Morgan fingerprint density at radius 1 is 1.05 bits per heavy atom. The van der Waals surface area contributed by atoms with E-state index in [9.17, 15) is 17.6 Å². The van der Waals surface area contributed by atoms with E-state index in [0.29, 0.717) is 26.6 Å². The highest BCUT2D eigenvalue weighted by molar-refractivity contribution is 9.10. The Hall–Kier alpha value is -3.93. The van der Waals surface area contributed by atoms with Gasteiger partial charge >= 0.3 is 0 Å². The number of hydrogen-bond acceptors (Lipinski definition) is 6. The van der Waals surface area contributed by atoms with Crippen LogP contribution in [0.5, 0.6) is 11.5 Å². The largest absolute Gasteiger partial charge is 0.493 e. The fraction of sp³-hybridized carbons (Fsp3) is 0.103. The fourth-order valence-electron chi connectivity index (χ4n) is 3.71. The summed E-state index contributed by atoms with van der Waals surface area (Å²) < 4.78 is 53.0. The molecular formula is C29H24BrClFN3O5S. The van der Waals surface area contributed by atoms with Gasteiger partial charge in [-0.2, -0.15) is 5.10 Å². The average Bonchev–Trinajstić information content (AvgIpc) is 2.97. The van der Waals surface area contributed by atoms with E-state index in [1.165, 1.54) is 37.6 Å². The number of halogens is 3. The topological polar surface area (TPSA) is 97.3 Å². The molecule has 0 spiro atoms. The normalized spacial score (nSPS) is 11.3. The standard InChI is InChI=1S/C29H24BrClFN3O5S/c1-39-27-16-20(15-25(30)29(27)40-19-21-7-5-6-10-26(21)31)17-33-34-28(36)18-35(23-13-11-22(32)12-14-23)41(37,38)24-8-3-2-4-9-24/h2-17H,18-19H2,1H3,(H,34,36)/b33-17-. The van der Waals surface area contributed by atoms with Gasteiger partial charge in [-0.3, -0.25) is 9.10 Å². The van der Waals surface area contributed by atoms with Crippen LogP contribution in [-0.2, 0) is 21.4 Å². The molecule has 212 valence electrons. The Balaban J connectivity index is 1.48. The first-order chi connectivity index (χ1) is 19.7. The molecule has 4 aromatic rings. The molecule has 0 bridgehead atoms. The lowest BCUT2D eigenvalue weighted by atomic mass is 10.2. The molecule has 0 aromatic heterocycles. The summed E-state index contributed by atoms with van der Waals surface area (Å²) >= 11 is 9.69. The lowest BCUT2D eigenvalue weighted by Crippen LogP contribution is -2.39. The number of carbonyl (C=O) groups excluding carboxylic acids is 1. The number of hydrogen-bond donors (Lipinski definition) is 1. The SMILES string of the molecule is COc1cc(/C=N\NC(=O)CN(c2ccc(F)cc2)S(=O)(=O)c2ccccc2)cc(Br)c1OCc1ccccc1Cl. The van der Waals surface area contributed by atoms with Crippen LogP contribution in [-0.4, -0.2) is 34.2 Å². The minimum atomic E-state index is -4.13. The Kier molecular flexibility index (Phi) is 9.98. The van der Waals surface area contributed by atoms with E-state index in [1.54, 1.807) is 36.4 Å². The zero-order valence-electron chi connectivity index (χ0n) is 21.6. The fourth-order valence-corrected chi connectivity index (χ4v) is 5.91. The number of sulfonamides is 1. The minimum Gasteiger partial charge on any atom is -0.493 e. The molecule has 0 unspecified atom stereocenters. The molecule has 12 heteroatoms. The van der Waals surface area contributed by atoms with E-state index >= 15 is 0 Å². The second-order valence-corrected chi connectivity index (χ2v) is 11.6. The summed E-state index contributed by atoms with van der Waals surface area (Å²) in [5, 5.41) is 4.55. The number of nitrogens with zero attached hydrogens (tertiary/aromatic N) is 2. The summed E-state index contributed by atoms with van der Waals surface area (Å²) in [4.78, 5) is 12.8. The maximum Gasteiger partial charge on any atom is 0.264 e. The molecule has 0 atom stereocenters. The zero-order chi connectivity index (χ0) is 29.4. The van der Waals surface area contributed by atoms with Gasteiger partial charge in [-0.05, 0) is 76.1 Å². The van der Waals surface area contributed by atoms with Gasteiger partial charge in [0.25, 0.3) is 15.9 Å². The van der Waals surface area contributed by atoms with Crippen LogP contribution in [0.3, 0.4) is 0 Å². The van der Waals surface area contributed by atoms with Crippen LogP contribution in [0.1, 0.15) is 11.1 Å². The molecule has 0 saturated carbocycles. The third-order valence-electron chi connectivity index (χ3n) is 5.72. The van der Waals surface area contributed by atoms with Gasteiger partial charge in [-0.15, -0.1) is 0 Å². The third-order valence-corrected chi connectivity index (χ3v) is 8.46. The molecule has 1 amide bonds. The first-order valence-electron chi connectivity index (χ1n) is 12.1. The minimum absolute atomic E-state index is 0.0191. The number of carbonyl (C=O) groups is 1. The van der Waals surface area contributed by atoms with Crippen molar-refractivity contribution in [2.45, 2.75) is 11.5 Å². The summed E-state index contributed by atoms with van der Waals surface area (Å²) in [6, 6.07) is 23.1. The highest BCUT2D eigenvalue weighted by Gasteiger charge is 2.27. The predicted octanol–water partition coefficient (Wildman–Crippen LogP) is 6.17. The number of methoxy groups -OCH3 is 1. The first kappa shape index (κ1) is 30.0. The number of rotatable bonds is 11. The van der Waals surface area contributed by atoms with Crippen molar-refractivity contribution in [2.75, 3.05) is 18.0 Å². The highest BCUT2D eigenvalue weighted by atomic mass is 79.9. The summed E-state index contributed by atoms with van der Waals surface area (Å²) in [5.41, 5.74) is 3.83. The monoisotopic (exact) mass is 659 g/mol. The Morgan fingerprint density at radius 2 is 1.73 bits per heavy atom. The molecule has 0 radical (unpaired) electrons. The van der Waals surface area contributed by atoms with Gasteiger partial charge in [0, 0.05) is 10.6 Å². The zero-order valence-corrected chi connectivity index (χ0v) is 24.8. The summed E-state index contributed by atoms with van der Waals surface area (Å²) in [6.45, 7) is -0.378. The van der Waals surface area contributed by atoms with Crippen LogP contribution in [0, 0.1) is 5.82 Å². The number of amides is 1. The smallest absolute Gasteiger partial charge is 0.264 e. The molecule has 0 fully saturated rings. The second-order valence-electron chi connectivity index (χ2n) is 8.51. The average molecular weight is 661 g/mol. The van der Waals surface area contributed by atoms with E-state index in [-0.39, 0.29) is 17.2 Å². The van der Waals surface area contributed by atoms with Crippen LogP contribution in [0.2, 0.25) is 5.02 Å². The van der Waals surface area contributed by atoms with Crippen molar-refractivity contribution >= 4 is 55.4 Å². The second kappa shape index (κ2) is 13.6. The van der Waals surface area contributed by atoms with Gasteiger partial charge in [-0.1, -0.05) is 48.0 Å². The summed E-state index contributed by atoms with van der Waals surface area (Å²) in [6.07, 6.45) is 1.37. The lowest BCUT2D eigenvalue weighted by Gasteiger charge is -2.23. The first-order valence-corrected chi connectivity index (χ1v) is 14.7. The quantitative estimate of drug-likeness (QED) is 0.153. The number of hydrazone groups is 1. The molecular weight excluding hydrogens is 637 g/mol. The molecule has 4 rings (SSSR count). The summed E-state index contributed by atoms with van der Waals surface area (Å²) in [5.74, 6) is -0.386. The van der Waals surface area contributed by atoms with E-state index < -0.39 is 28.3 Å². The van der Waals surface area contributed by atoms with Crippen LogP contribution >= 0.6 is 27.5 Å². The van der Waals surface area contributed by atoms with Crippen LogP contribution < -0.4 is 19.2 Å². The van der Waals surface area contributed by atoms with Gasteiger partial charge < -0.3 is 9.47 Å². The predicted molar refractivity (Wildman–Crippen MR) is 160 cm³/mol. The van der Waals surface area contributed by atoms with E-state index in [4.69, 9.17) is 21.1 Å². The number of anilines is 1. The van der Waals surface area contributed by atoms with Crippen molar-refractivity contribution in [3.8, 4) is 11.5 Å². The molecule has 0 saturated heterocycles. The van der Waals surface area contributed by atoms with Crippen LogP contribution in [0.4, 0.5) is 10.1 Å². The van der Waals surface area contributed by atoms with E-state index in [2.05, 4.69) is 26.5 Å². The highest BCUT2D eigenvalue weighted by Crippen LogP contribution is 2.37. The van der Waals surface area contributed by atoms with Gasteiger partial charge in [0.15, 0.2) is 11.5 Å². The molecule has 8 nitrogen and oxygen atoms in total. The lowest BCUT2D eigenvalue weighted by molar-refractivity contribution is -0.119. The summed E-state index contributed by atoms with van der Waals surface area (Å²) in [7, 11) is -2.64. The van der Waals surface area contributed by atoms with Crippen molar-refractivity contribution in [2.24, 2.45) is 5.10 Å². The Labute approximate surface area is 250 Å². The van der Waals surface area contributed by atoms with Crippen molar-refractivity contribution in [1.29, 1.82) is 0 Å². The molecule has 41 heavy (non-hydrogen) atoms. The number of ether oxygens (including phenoxy) is 2. The van der Waals surface area contributed by atoms with Crippen molar-refractivity contribution in [1.82, 2.24) is 5.43 Å². The third kappa shape index (κ3) is 7.63. The van der Waals surface area contributed by atoms with Gasteiger partial charge in [0.1, 0.15) is 19.0 Å².